The van der Waals surface area contributed by atoms with Crippen molar-refractivity contribution in [3.8, 4) is 11.5 Å². The average Bonchev–Trinajstić information content (AvgIpc) is 3.04. The number of phenolic OH excluding ortho intramolecular Hbond substituents is 1. The molecule has 1 amide bonds. The topological polar surface area (TPSA) is 87.1 Å². The fourth-order valence-electron chi connectivity index (χ4n) is 3.72. The fraction of sp³-hybridized carbons (Fsp3) is 0.0833. The number of phenols is 1. The van der Waals surface area contributed by atoms with Gasteiger partial charge in [0.1, 0.15) is 17.3 Å². The summed E-state index contributed by atoms with van der Waals surface area (Å²) in [6, 6.07) is 16.1. The molecule has 0 aromatic heterocycles. The van der Waals surface area contributed by atoms with E-state index in [2.05, 4.69) is 0 Å². The number of methoxy groups -OCH3 is 1. The Labute approximate surface area is 193 Å². The first-order chi connectivity index (χ1) is 15.3. The SMILES string of the molecule is COc1ccc(Cl)cc1/C(O)=C1\C(=O)C(=O)N(c2ccc(Cl)cc2)C1c1cccc(O)c1. The third-order valence-corrected chi connectivity index (χ3v) is 5.64. The predicted molar refractivity (Wildman–Crippen MR) is 122 cm³/mol. The van der Waals surface area contributed by atoms with Crippen LogP contribution in [0.25, 0.3) is 5.76 Å². The molecule has 0 saturated carbocycles. The fourth-order valence-corrected chi connectivity index (χ4v) is 4.02. The summed E-state index contributed by atoms with van der Waals surface area (Å²) in [5.41, 5.74) is 0.846. The molecule has 8 heteroatoms. The number of aliphatic hydroxyl groups is 1. The van der Waals surface area contributed by atoms with Crippen LogP contribution < -0.4 is 9.64 Å². The van der Waals surface area contributed by atoms with Crippen molar-refractivity contribution in [3.63, 3.8) is 0 Å². The van der Waals surface area contributed by atoms with Gasteiger partial charge in [0, 0.05) is 15.7 Å². The van der Waals surface area contributed by atoms with Gasteiger partial charge in [0.05, 0.1) is 24.3 Å². The lowest BCUT2D eigenvalue weighted by molar-refractivity contribution is -0.132. The van der Waals surface area contributed by atoms with Gasteiger partial charge in [0.25, 0.3) is 11.7 Å². The van der Waals surface area contributed by atoms with Crippen LogP contribution in [-0.2, 0) is 9.59 Å². The maximum atomic E-state index is 13.2. The number of carbonyl (C=O) groups is 2. The molecule has 6 nitrogen and oxygen atoms in total. The van der Waals surface area contributed by atoms with Crippen molar-refractivity contribution in [2.45, 2.75) is 6.04 Å². The lowest BCUT2D eigenvalue weighted by Crippen LogP contribution is -2.29. The highest BCUT2D eigenvalue weighted by molar-refractivity contribution is 6.51. The summed E-state index contributed by atoms with van der Waals surface area (Å²) in [4.78, 5) is 27.5. The zero-order valence-electron chi connectivity index (χ0n) is 16.8. The number of amides is 1. The highest BCUT2D eigenvalue weighted by Crippen LogP contribution is 2.44. The molecule has 1 aliphatic heterocycles. The molecule has 1 saturated heterocycles. The summed E-state index contributed by atoms with van der Waals surface area (Å²) in [6.45, 7) is 0. The molecule has 32 heavy (non-hydrogen) atoms. The predicted octanol–water partition coefficient (Wildman–Crippen LogP) is 5.33. The summed E-state index contributed by atoms with van der Waals surface area (Å²) < 4.78 is 5.31. The van der Waals surface area contributed by atoms with Crippen LogP contribution in [0.3, 0.4) is 0 Å². The van der Waals surface area contributed by atoms with Crippen LogP contribution in [0.5, 0.6) is 11.5 Å². The smallest absolute Gasteiger partial charge is 0.300 e. The Hall–Kier alpha value is -3.48. The van der Waals surface area contributed by atoms with E-state index in [4.69, 9.17) is 27.9 Å². The lowest BCUT2D eigenvalue weighted by Gasteiger charge is -2.25. The second-order valence-electron chi connectivity index (χ2n) is 7.09. The number of ether oxygens (including phenoxy) is 1. The van der Waals surface area contributed by atoms with Crippen LogP contribution in [-0.4, -0.2) is 29.0 Å². The summed E-state index contributed by atoms with van der Waals surface area (Å²) in [5.74, 6) is -1.92. The van der Waals surface area contributed by atoms with Crippen LogP contribution in [0.2, 0.25) is 10.0 Å². The number of aliphatic hydroxyl groups excluding tert-OH is 1. The van der Waals surface area contributed by atoms with E-state index in [0.29, 0.717) is 21.3 Å². The van der Waals surface area contributed by atoms with E-state index in [0.717, 1.165) is 0 Å². The number of ketones is 1. The van der Waals surface area contributed by atoms with Gasteiger partial charge in [-0.25, -0.2) is 0 Å². The van der Waals surface area contributed by atoms with Crippen molar-refractivity contribution in [2.24, 2.45) is 0 Å². The van der Waals surface area contributed by atoms with E-state index in [9.17, 15) is 19.8 Å². The van der Waals surface area contributed by atoms with E-state index >= 15 is 0 Å². The number of Topliss-reactive ketones (excluding diaryl/α,β-unsaturated/α-hetero) is 1. The highest BCUT2D eigenvalue weighted by Gasteiger charge is 2.47. The first-order valence-corrected chi connectivity index (χ1v) is 10.3. The summed E-state index contributed by atoms with van der Waals surface area (Å²) >= 11 is 12.1. The van der Waals surface area contributed by atoms with Crippen molar-refractivity contribution in [2.75, 3.05) is 12.0 Å². The number of halogens is 2. The summed E-state index contributed by atoms with van der Waals surface area (Å²) in [6.07, 6.45) is 0. The van der Waals surface area contributed by atoms with E-state index in [1.807, 2.05) is 0 Å². The number of benzene rings is 3. The summed E-state index contributed by atoms with van der Waals surface area (Å²) in [5, 5.41) is 22.0. The van der Waals surface area contributed by atoms with E-state index in [1.165, 1.54) is 30.2 Å². The van der Waals surface area contributed by atoms with E-state index in [-0.39, 0.29) is 22.6 Å². The summed E-state index contributed by atoms with van der Waals surface area (Å²) in [7, 11) is 1.42. The third-order valence-electron chi connectivity index (χ3n) is 5.15. The Balaban J connectivity index is 1.99. The quantitative estimate of drug-likeness (QED) is 0.306. The van der Waals surface area contributed by atoms with Gasteiger partial charge in [-0.05, 0) is 60.2 Å². The van der Waals surface area contributed by atoms with Gasteiger partial charge in [-0.2, -0.15) is 0 Å². The molecule has 1 unspecified atom stereocenters. The number of hydrogen-bond donors (Lipinski definition) is 2. The minimum Gasteiger partial charge on any atom is -0.508 e. The van der Waals surface area contributed by atoms with Crippen LogP contribution in [0, 0.1) is 0 Å². The van der Waals surface area contributed by atoms with Crippen molar-refractivity contribution in [1.29, 1.82) is 0 Å². The van der Waals surface area contributed by atoms with E-state index < -0.39 is 23.5 Å². The van der Waals surface area contributed by atoms with Crippen LogP contribution in [0.4, 0.5) is 5.69 Å². The Kier molecular flexibility index (Phi) is 5.82. The maximum Gasteiger partial charge on any atom is 0.300 e. The zero-order chi connectivity index (χ0) is 23.0. The van der Waals surface area contributed by atoms with Gasteiger partial charge in [0.2, 0.25) is 0 Å². The zero-order valence-corrected chi connectivity index (χ0v) is 18.3. The lowest BCUT2D eigenvalue weighted by atomic mass is 9.94. The molecule has 1 aliphatic rings. The van der Waals surface area contributed by atoms with Gasteiger partial charge >= 0.3 is 0 Å². The molecular formula is C24H17Cl2NO5. The molecule has 0 radical (unpaired) electrons. The highest BCUT2D eigenvalue weighted by atomic mass is 35.5. The molecule has 0 bridgehead atoms. The second kappa shape index (κ2) is 8.57. The molecule has 2 N–H and O–H groups in total. The Morgan fingerprint density at radius 1 is 0.969 bits per heavy atom. The van der Waals surface area contributed by atoms with Crippen LogP contribution in [0.1, 0.15) is 17.2 Å². The first kappa shape index (κ1) is 21.7. The second-order valence-corrected chi connectivity index (χ2v) is 7.96. The molecule has 0 spiro atoms. The molecule has 162 valence electrons. The van der Waals surface area contributed by atoms with Gasteiger partial charge in [0.15, 0.2) is 0 Å². The Morgan fingerprint density at radius 3 is 2.31 bits per heavy atom. The molecular weight excluding hydrogens is 453 g/mol. The van der Waals surface area contributed by atoms with Crippen LogP contribution in [0.15, 0.2) is 72.3 Å². The number of carbonyl (C=O) groups excluding carboxylic acids is 2. The van der Waals surface area contributed by atoms with Gasteiger partial charge < -0.3 is 14.9 Å². The minimum absolute atomic E-state index is 0.0514. The Bertz CT molecular complexity index is 1250. The number of aromatic hydroxyl groups is 1. The third kappa shape index (κ3) is 3.79. The largest absolute Gasteiger partial charge is 0.508 e. The molecule has 1 heterocycles. The maximum absolute atomic E-state index is 13.2. The standard InChI is InChI=1S/C24H17Cl2NO5/c1-32-19-10-7-15(26)12-18(19)22(29)20-21(13-3-2-4-17(28)11-13)27(24(31)23(20)30)16-8-5-14(25)6-9-16/h2-12,21,28-29H,1H3/b22-20+. The van der Waals surface area contributed by atoms with Crippen LogP contribution >= 0.6 is 23.2 Å². The monoisotopic (exact) mass is 469 g/mol. The number of rotatable bonds is 4. The molecule has 0 aliphatic carbocycles. The minimum atomic E-state index is -1.01. The van der Waals surface area contributed by atoms with Crippen molar-refractivity contribution in [3.05, 3.63) is 93.5 Å². The normalized spacial score (nSPS) is 17.6. The number of nitrogens with zero attached hydrogens (tertiary/aromatic N) is 1. The van der Waals surface area contributed by atoms with Gasteiger partial charge in [-0.1, -0.05) is 35.3 Å². The average molecular weight is 470 g/mol. The molecule has 1 fully saturated rings. The van der Waals surface area contributed by atoms with Crippen molar-refractivity contribution >= 4 is 46.3 Å². The number of hydrogen-bond acceptors (Lipinski definition) is 5. The van der Waals surface area contributed by atoms with Gasteiger partial charge in [-0.3, -0.25) is 14.5 Å². The Morgan fingerprint density at radius 2 is 1.66 bits per heavy atom. The molecule has 3 aromatic rings. The first-order valence-electron chi connectivity index (χ1n) is 9.51. The van der Waals surface area contributed by atoms with Crippen molar-refractivity contribution < 1.29 is 24.5 Å². The molecule has 1 atom stereocenters. The van der Waals surface area contributed by atoms with E-state index in [1.54, 1.807) is 48.5 Å². The van der Waals surface area contributed by atoms with Gasteiger partial charge in [-0.15, -0.1) is 0 Å². The molecule has 4 rings (SSSR count). The molecule has 3 aromatic carbocycles. The number of anilines is 1. The van der Waals surface area contributed by atoms with Crippen molar-refractivity contribution in [1.82, 2.24) is 0 Å².